The fourth-order valence-electron chi connectivity index (χ4n) is 3.23. The molecule has 0 fully saturated rings. The van der Waals surface area contributed by atoms with E-state index in [0.29, 0.717) is 28.9 Å². The Morgan fingerprint density at radius 1 is 0.680 bits per heavy atom. The lowest BCUT2D eigenvalue weighted by molar-refractivity contribution is 0.353. The summed E-state index contributed by atoms with van der Waals surface area (Å²) < 4.78 is 21.8. The van der Waals surface area contributed by atoms with Crippen LogP contribution in [0, 0.1) is 0 Å². The van der Waals surface area contributed by atoms with Crippen molar-refractivity contribution in [2.24, 2.45) is 0 Å². The second-order valence-electron chi connectivity index (χ2n) is 5.71. The fourth-order valence-corrected chi connectivity index (χ4v) is 3.56. The highest BCUT2D eigenvalue weighted by molar-refractivity contribution is 6.18. The van der Waals surface area contributed by atoms with Crippen molar-refractivity contribution in [1.29, 1.82) is 0 Å². The summed E-state index contributed by atoms with van der Waals surface area (Å²) in [6.45, 7) is 0. The van der Waals surface area contributed by atoms with E-state index in [2.05, 4.69) is 12.2 Å². The molecular weight excluding hydrogens is 340 g/mol. The smallest absolute Gasteiger partial charge is 0.161 e. The van der Waals surface area contributed by atoms with Gasteiger partial charge in [-0.3, -0.25) is 0 Å². The number of ether oxygens (including phenoxy) is 4. The molecule has 0 radical (unpaired) electrons. The zero-order valence-corrected chi connectivity index (χ0v) is 15.5. The van der Waals surface area contributed by atoms with E-state index in [9.17, 15) is 0 Å². The lowest BCUT2D eigenvalue weighted by Crippen LogP contribution is -2.07. The predicted molar refractivity (Wildman–Crippen MR) is 101 cm³/mol. The van der Waals surface area contributed by atoms with Crippen molar-refractivity contribution in [3.8, 4) is 23.0 Å². The highest BCUT2D eigenvalue weighted by atomic mass is 35.5. The number of methoxy groups -OCH3 is 4. The SMILES string of the molecule is COc1cc2c(cc1OC)C(CCl)c1cc(OC)c(OC)cc1C=C2. The Bertz CT molecular complexity index is 748. The van der Waals surface area contributed by atoms with Crippen LogP contribution in [0.15, 0.2) is 24.3 Å². The minimum Gasteiger partial charge on any atom is -0.493 e. The molecule has 2 aromatic rings. The molecule has 25 heavy (non-hydrogen) atoms. The molecule has 2 aromatic carbocycles. The predicted octanol–water partition coefficient (Wildman–Crippen LogP) is 4.58. The molecule has 0 spiro atoms. The van der Waals surface area contributed by atoms with Gasteiger partial charge < -0.3 is 18.9 Å². The third kappa shape index (κ3) is 3.02. The van der Waals surface area contributed by atoms with Crippen molar-refractivity contribution in [3.63, 3.8) is 0 Å². The van der Waals surface area contributed by atoms with Crippen molar-refractivity contribution in [2.45, 2.75) is 5.92 Å². The maximum atomic E-state index is 6.37. The molecule has 132 valence electrons. The molecule has 1 aliphatic rings. The van der Waals surface area contributed by atoms with E-state index in [4.69, 9.17) is 30.5 Å². The van der Waals surface area contributed by atoms with Gasteiger partial charge in [0.25, 0.3) is 0 Å². The minimum absolute atomic E-state index is 0.00118. The molecule has 5 heteroatoms. The van der Waals surface area contributed by atoms with Gasteiger partial charge in [-0.1, -0.05) is 12.2 Å². The van der Waals surface area contributed by atoms with E-state index < -0.39 is 0 Å². The maximum absolute atomic E-state index is 6.37. The molecule has 4 nitrogen and oxygen atoms in total. The van der Waals surface area contributed by atoms with Crippen molar-refractivity contribution < 1.29 is 18.9 Å². The topological polar surface area (TPSA) is 36.9 Å². The minimum atomic E-state index is 0.00118. The summed E-state index contributed by atoms with van der Waals surface area (Å²) in [4.78, 5) is 0. The molecular formula is C20H21ClO4. The standard InChI is InChI=1S/C20H21ClO4/c1-22-17-7-12-5-6-13-8-18(23-2)20(25-4)10-15(13)16(11-21)14(12)9-19(17)24-3/h5-10,16H,11H2,1-4H3. The highest BCUT2D eigenvalue weighted by Crippen LogP contribution is 2.43. The van der Waals surface area contributed by atoms with E-state index in [1.54, 1.807) is 28.4 Å². The van der Waals surface area contributed by atoms with Gasteiger partial charge in [-0.05, 0) is 46.5 Å². The molecule has 0 saturated carbocycles. The van der Waals surface area contributed by atoms with E-state index >= 15 is 0 Å². The van der Waals surface area contributed by atoms with Crippen LogP contribution in [0.2, 0.25) is 0 Å². The van der Waals surface area contributed by atoms with E-state index in [0.717, 1.165) is 22.3 Å². The molecule has 0 aromatic heterocycles. The van der Waals surface area contributed by atoms with Crippen molar-refractivity contribution in [1.82, 2.24) is 0 Å². The first kappa shape index (κ1) is 17.5. The third-order valence-corrected chi connectivity index (χ3v) is 4.83. The van der Waals surface area contributed by atoms with Crippen LogP contribution >= 0.6 is 11.6 Å². The van der Waals surface area contributed by atoms with Crippen LogP contribution in [0.4, 0.5) is 0 Å². The van der Waals surface area contributed by atoms with Crippen LogP contribution in [0.1, 0.15) is 28.2 Å². The summed E-state index contributed by atoms with van der Waals surface area (Å²) in [6.07, 6.45) is 4.13. The normalized spacial score (nSPS) is 12.8. The van der Waals surface area contributed by atoms with Crippen molar-refractivity contribution in [3.05, 3.63) is 46.5 Å². The maximum Gasteiger partial charge on any atom is 0.161 e. The Morgan fingerprint density at radius 3 is 1.36 bits per heavy atom. The Morgan fingerprint density at radius 2 is 1.04 bits per heavy atom. The van der Waals surface area contributed by atoms with Crippen LogP contribution < -0.4 is 18.9 Å². The number of alkyl halides is 1. The average Bonchev–Trinajstić information content (AvgIpc) is 2.80. The fraction of sp³-hybridized carbons (Fsp3) is 0.300. The Balaban J connectivity index is 2.24. The van der Waals surface area contributed by atoms with Crippen molar-refractivity contribution in [2.75, 3.05) is 34.3 Å². The summed E-state index contributed by atoms with van der Waals surface area (Å²) in [5.74, 6) is 3.21. The average molecular weight is 361 g/mol. The van der Waals surface area contributed by atoms with Crippen LogP contribution in [0.5, 0.6) is 23.0 Å². The lowest BCUT2D eigenvalue weighted by Gasteiger charge is -2.21. The van der Waals surface area contributed by atoms with Crippen LogP contribution in [-0.4, -0.2) is 34.3 Å². The van der Waals surface area contributed by atoms with Crippen molar-refractivity contribution >= 4 is 23.8 Å². The first-order valence-corrected chi connectivity index (χ1v) is 8.46. The molecule has 0 N–H and O–H groups in total. The number of benzene rings is 2. The van der Waals surface area contributed by atoms with Gasteiger partial charge in [0.1, 0.15) is 0 Å². The van der Waals surface area contributed by atoms with Crippen LogP contribution in [0.25, 0.3) is 12.2 Å². The summed E-state index contributed by atoms with van der Waals surface area (Å²) >= 11 is 6.37. The lowest BCUT2D eigenvalue weighted by atomic mass is 9.88. The molecule has 0 bridgehead atoms. The van der Waals surface area contributed by atoms with E-state index in [1.165, 1.54) is 0 Å². The third-order valence-electron chi connectivity index (χ3n) is 4.53. The number of rotatable bonds is 5. The van der Waals surface area contributed by atoms with Crippen LogP contribution in [-0.2, 0) is 0 Å². The molecule has 1 aliphatic carbocycles. The molecule has 3 rings (SSSR count). The molecule has 0 unspecified atom stereocenters. The zero-order chi connectivity index (χ0) is 18.0. The molecule has 0 amide bonds. The number of halogens is 1. The number of fused-ring (bicyclic) bond motifs is 2. The molecule has 0 aliphatic heterocycles. The molecule has 0 heterocycles. The first-order chi connectivity index (χ1) is 12.2. The number of hydrogen-bond donors (Lipinski definition) is 0. The van der Waals surface area contributed by atoms with Gasteiger partial charge >= 0.3 is 0 Å². The quantitative estimate of drug-likeness (QED) is 0.731. The second-order valence-corrected chi connectivity index (χ2v) is 6.02. The van der Waals surface area contributed by atoms with E-state index in [-0.39, 0.29) is 5.92 Å². The van der Waals surface area contributed by atoms with Gasteiger partial charge in [0.2, 0.25) is 0 Å². The van der Waals surface area contributed by atoms with Gasteiger partial charge in [-0.15, -0.1) is 11.6 Å². The molecule has 0 atom stereocenters. The second kappa shape index (κ2) is 7.28. The Labute approximate surface area is 152 Å². The van der Waals surface area contributed by atoms with Gasteiger partial charge in [0.05, 0.1) is 28.4 Å². The summed E-state index contributed by atoms with van der Waals surface area (Å²) in [5.41, 5.74) is 4.29. The summed E-state index contributed by atoms with van der Waals surface area (Å²) in [6, 6.07) is 7.95. The monoisotopic (exact) mass is 360 g/mol. The first-order valence-electron chi connectivity index (χ1n) is 7.92. The Hall–Kier alpha value is -2.33. The highest BCUT2D eigenvalue weighted by Gasteiger charge is 2.25. The van der Waals surface area contributed by atoms with E-state index in [1.807, 2.05) is 24.3 Å². The summed E-state index contributed by atoms with van der Waals surface area (Å²) in [7, 11) is 6.53. The summed E-state index contributed by atoms with van der Waals surface area (Å²) in [5, 5.41) is 0. The van der Waals surface area contributed by atoms with Crippen LogP contribution in [0.3, 0.4) is 0 Å². The van der Waals surface area contributed by atoms with Gasteiger partial charge in [-0.25, -0.2) is 0 Å². The Kier molecular flexibility index (Phi) is 5.09. The van der Waals surface area contributed by atoms with Gasteiger partial charge in [0, 0.05) is 11.8 Å². The number of hydrogen-bond acceptors (Lipinski definition) is 4. The zero-order valence-electron chi connectivity index (χ0n) is 14.8. The van der Waals surface area contributed by atoms with Gasteiger partial charge in [0.15, 0.2) is 23.0 Å². The largest absolute Gasteiger partial charge is 0.493 e. The molecule has 0 saturated heterocycles. The van der Waals surface area contributed by atoms with Gasteiger partial charge in [-0.2, -0.15) is 0 Å².